The Morgan fingerprint density at radius 3 is 2.81 bits per heavy atom. The highest BCUT2D eigenvalue weighted by atomic mass is 16.3. The van der Waals surface area contributed by atoms with Crippen LogP contribution in [0.25, 0.3) is 0 Å². The van der Waals surface area contributed by atoms with Crippen molar-refractivity contribution >= 4 is 0 Å². The summed E-state index contributed by atoms with van der Waals surface area (Å²) in [7, 11) is 1.97. The molecule has 1 atom stereocenters. The van der Waals surface area contributed by atoms with E-state index < -0.39 is 0 Å². The number of hydrogen-bond acceptors (Lipinski definition) is 3. The zero-order valence-electron chi connectivity index (χ0n) is 9.89. The van der Waals surface area contributed by atoms with Gasteiger partial charge in [0.15, 0.2) is 0 Å². The highest BCUT2D eigenvalue weighted by molar-refractivity contribution is 5.05. The highest BCUT2D eigenvalue weighted by Crippen LogP contribution is 2.21. The van der Waals surface area contributed by atoms with Crippen molar-refractivity contribution in [2.24, 2.45) is 7.05 Å². The number of rotatable bonds is 4. The molecule has 1 saturated carbocycles. The van der Waals surface area contributed by atoms with Gasteiger partial charge in [-0.15, -0.1) is 0 Å². The van der Waals surface area contributed by atoms with E-state index in [4.69, 9.17) is 0 Å². The van der Waals surface area contributed by atoms with Crippen LogP contribution in [0.4, 0.5) is 0 Å². The summed E-state index contributed by atoms with van der Waals surface area (Å²) in [6.07, 6.45) is 10.0. The van der Waals surface area contributed by atoms with Gasteiger partial charge in [0.25, 0.3) is 0 Å². The van der Waals surface area contributed by atoms with Crippen LogP contribution in [0.5, 0.6) is 0 Å². The van der Waals surface area contributed by atoms with Crippen LogP contribution in [0.15, 0.2) is 12.5 Å². The van der Waals surface area contributed by atoms with Crippen LogP contribution < -0.4 is 5.32 Å². The molecule has 0 aliphatic heterocycles. The highest BCUT2D eigenvalue weighted by Gasteiger charge is 2.20. The molecule has 1 aliphatic carbocycles. The lowest BCUT2D eigenvalue weighted by molar-refractivity contribution is 0.215. The molecule has 0 amide bonds. The van der Waals surface area contributed by atoms with Crippen LogP contribution in [0.1, 0.15) is 43.8 Å². The SMILES string of the molecule is Cn1cncc1C(CO)NC1CCCCC1. The first kappa shape index (κ1) is 11.6. The van der Waals surface area contributed by atoms with E-state index in [1.54, 1.807) is 6.33 Å². The van der Waals surface area contributed by atoms with E-state index in [0.29, 0.717) is 6.04 Å². The van der Waals surface area contributed by atoms with Crippen molar-refractivity contribution in [3.8, 4) is 0 Å². The third-order valence-electron chi connectivity index (χ3n) is 3.44. The topological polar surface area (TPSA) is 50.1 Å². The standard InChI is InChI=1S/C12H21N3O/c1-15-9-13-7-12(15)11(8-16)14-10-5-3-2-4-6-10/h7,9-11,14,16H,2-6,8H2,1H3. The number of hydrogen-bond donors (Lipinski definition) is 2. The number of nitrogens with zero attached hydrogens (tertiary/aromatic N) is 2. The molecule has 16 heavy (non-hydrogen) atoms. The molecule has 1 heterocycles. The number of aliphatic hydroxyl groups excluding tert-OH is 1. The zero-order valence-corrected chi connectivity index (χ0v) is 9.89. The van der Waals surface area contributed by atoms with E-state index >= 15 is 0 Å². The first-order chi connectivity index (χ1) is 7.81. The van der Waals surface area contributed by atoms with Crippen molar-refractivity contribution in [3.63, 3.8) is 0 Å². The van der Waals surface area contributed by atoms with Crippen LogP contribution in [-0.2, 0) is 7.05 Å². The van der Waals surface area contributed by atoms with Crippen molar-refractivity contribution in [1.29, 1.82) is 0 Å². The molecule has 0 bridgehead atoms. The van der Waals surface area contributed by atoms with E-state index in [1.807, 2.05) is 17.8 Å². The van der Waals surface area contributed by atoms with Gasteiger partial charge in [0.1, 0.15) is 0 Å². The van der Waals surface area contributed by atoms with Crippen molar-refractivity contribution in [2.75, 3.05) is 6.61 Å². The van der Waals surface area contributed by atoms with Crippen LogP contribution in [0, 0.1) is 0 Å². The molecular weight excluding hydrogens is 202 g/mol. The van der Waals surface area contributed by atoms with Gasteiger partial charge < -0.3 is 15.0 Å². The summed E-state index contributed by atoms with van der Waals surface area (Å²) in [5, 5.41) is 13.0. The van der Waals surface area contributed by atoms with Crippen LogP contribution >= 0.6 is 0 Å². The number of aromatic nitrogens is 2. The molecule has 0 spiro atoms. The predicted molar refractivity (Wildman–Crippen MR) is 63.0 cm³/mol. The minimum absolute atomic E-state index is 0.0237. The van der Waals surface area contributed by atoms with Gasteiger partial charge in [-0.3, -0.25) is 0 Å². The first-order valence-electron chi connectivity index (χ1n) is 6.14. The summed E-state index contributed by atoms with van der Waals surface area (Å²) in [5.41, 5.74) is 1.06. The summed E-state index contributed by atoms with van der Waals surface area (Å²) >= 11 is 0. The Labute approximate surface area is 96.7 Å². The maximum atomic E-state index is 9.45. The quantitative estimate of drug-likeness (QED) is 0.810. The normalized spacial score (nSPS) is 19.9. The van der Waals surface area contributed by atoms with Gasteiger partial charge in [-0.05, 0) is 12.8 Å². The molecule has 1 aromatic rings. The largest absolute Gasteiger partial charge is 0.394 e. The predicted octanol–water partition coefficient (Wildman–Crippen LogP) is 1.38. The Kier molecular flexibility index (Phi) is 3.96. The van der Waals surface area contributed by atoms with Gasteiger partial charge in [0.05, 0.1) is 24.7 Å². The Hall–Kier alpha value is -0.870. The summed E-state index contributed by atoms with van der Waals surface area (Å²) in [6.45, 7) is 0.135. The maximum absolute atomic E-state index is 9.45. The second-order valence-corrected chi connectivity index (χ2v) is 4.67. The molecular formula is C12H21N3O. The lowest BCUT2D eigenvalue weighted by atomic mass is 9.94. The van der Waals surface area contributed by atoms with E-state index in [2.05, 4.69) is 10.3 Å². The summed E-state index contributed by atoms with van der Waals surface area (Å²) in [4.78, 5) is 4.10. The molecule has 1 aliphatic rings. The Bertz CT molecular complexity index is 318. The molecule has 2 rings (SSSR count). The second kappa shape index (κ2) is 5.46. The van der Waals surface area contributed by atoms with Crippen molar-refractivity contribution < 1.29 is 5.11 Å². The fourth-order valence-electron chi connectivity index (χ4n) is 2.49. The average molecular weight is 223 g/mol. The van der Waals surface area contributed by atoms with Crippen molar-refractivity contribution in [2.45, 2.75) is 44.2 Å². The molecule has 1 fully saturated rings. The average Bonchev–Trinajstić information content (AvgIpc) is 2.74. The molecule has 1 unspecified atom stereocenters. The minimum Gasteiger partial charge on any atom is -0.394 e. The number of aryl methyl sites for hydroxylation is 1. The minimum atomic E-state index is 0.0237. The Morgan fingerprint density at radius 2 is 2.25 bits per heavy atom. The molecule has 0 radical (unpaired) electrons. The van der Waals surface area contributed by atoms with Crippen molar-refractivity contribution in [1.82, 2.24) is 14.9 Å². The van der Waals surface area contributed by atoms with Gasteiger partial charge in [0, 0.05) is 19.3 Å². The number of nitrogens with one attached hydrogen (secondary N) is 1. The van der Waals surface area contributed by atoms with E-state index in [9.17, 15) is 5.11 Å². The third kappa shape index (κ3) is 2.62. The van der Waals surface area contributed by atoms with Crippen LogP contribution in [0.3, 0.4) is 0 Å². The third-order valence-corrected chi connectivity index (χ3v) is 3.44. The lowest BCUT2D eigenvalue weighted by Crippen LogP contribution is -2.36. The Balaban J connectivity index is 1.97. The fourth-order valence-corrected chi connectivity index (χ4v) is 2.49. The number of imidazole rings is 1. The maximum Gasteiger partial charge on any atom is 0.0946 e. The van der Waals surface area contributed by atoms with E-state index in [0.717, 1.165) is 5.69 Å². The van der Waals surface area contributed by atoms with E-state index in [-0.39, 0.29) is 12.6 Å². The van der Waals surface area contributed by atoms with Crippen molar-refractivity contribution in [3.05, 3.63) is 18.2 Å². The first-order valence-corrected chi connectivity index (χ1v) is 6.14. The number of aliphatic hydroxyl groups is 1. The van der Waals surface area contributed by atoms with Gasteiger partial charge in [-0.2, -0.15) is 0 Å². The van der Waals surface area contributed by atoms with Gasteiger partial charge in [0.2, 0.25) is 0 Å². The smallest absolute Gasteiger partial charge is 0.0946 e. The van der Waals surface area contributed by atoms with Crippen LogP contribution in [-0.4, -0.2) is 27.3 Å². The molecule has 1 aromatic heterocycles. The molecule has 0 aromatic carbocycles. The monoisotopic (exact) mass is 223 g/mol. The lowest BCUT2D eigenvalue weighted by Gasteiger charge is -2.27. The van der Waals surface area contributed by atoms with Crippen LogP contribution in [0.2, 0.25) is 0 Å². The van der Waals surface area contributed by atoms with Gasteiger partial charge in [-0.25, -0.2) is 4.98 Å². The Morgan fingerprint density at radius 1 is 1.50 bits per heavy atom. The summed E-state index contributed by atoms with van der Waals surface area (Å²) in [5.74, 6) is 0. The van der Waals surface area contributed by atoms with E-state index in [1.165, 1.54) is 32.1 Å². The van der Waals surface area contributed by atoms with Gasteiger partial charge in [-0.1, -0.05) is 19.3 Å². The fraction of sp³-hybridized carbons (Fsp3) is 0.750. The zero-order chi connectivity index (χ0) is 11.4. The molecule has 90 valence electrons. The summed E-state index contributed by atoms with van der Waals surface area (Å²) < 4.78 is 1.97. The molecule has 4 heteroatoms. The molecule has 0 saturated heterocycles. The van der Waals surface area contributed by atoms with Gasteiger partial charge >= 0.3 is 0 Å². The molecule has 4 nitrogen and oxygen atoms in total. The second-order valence-electron chi connectivity index (χ2n) is 4.67. The summed E-state index contributed by atoms with van der Waals surface area (Å²) in [6, 6.07) is 0.580. The molecule has 2 N–H and O–H groups in total.